The van der Waals surface area contributed by atoms with Gasteiger partial charge in [0.05, 0.1) is 10.9 Å². The molecule has 0 aromatic heterocycles. The molecule has 1 atom stereocenters. The van der Waals surface area contributed by atoms with Gasteiger partial charge in [0, 0.05) is 12.1 Å². The van der Waals surface area contributed by atoms with Crippen LogP contribution in [-0.2, 0) is 16.6 Å². The molecule has 172 valence electrons. The number of rotatable bonds is 7. The minimum atomic E-state index is -3.91. The molecule has 10 heteroatoms. The van der Waals surface area contributed by atoms with Crippen LogP contribution in [0.3, 0.4) is 0 Å². The van der Waals surface area contributed by atoms with Gasteiger partial charge < -0.3 is 14.8 Å². The van der Waals surface area contributed by atoms with E-state index in [9.17, 15) is 22.0 Å². The second-order valence-electron chi connectivity index (χ2n) is 7.41. The lowest BCUT2D eigenvalue weighted by atomic mass is 10.1. The first kappa shape index (κ1) is 22.7. The molecule has 0 saturated carbocycles. The summed E-state index contributed by atoms with van der Waals surface area (Å²) in [6.45, 7) is 1.74. The maximum Gasteiger partial charge on any atom is 0.251 e. The Kier molecular flexibility index (Phi) is 6.30. The van der Waals surface area contributed by atoms with Crippen molar-refractivity contribution < 1.29 is 31.5 Å². The Labute approximate surface area is 189 Å². The van der Waals surface area contributed by atoms with Crippen molar-refractivity contribution in [3.8, 4) is 11.5 Å². The van der Waals surface area contributed by atoms with Crippen molar-refractivity contribution in [1.29, 1.82) is 0 Å². The molecule has 1 unspecified atom stereocenters. The number of carbonyl (C=O) groups excluding carboxylic acids is 1. The van der Waals surface area contributed by atoms with E-state index in [0.29, 0.717) is 22.6 Å². The lowest BCUT2D eigenvalue weighted by Gasteiger charge is -2.15. The van der Waals surface area contributed by atoms with Crippen LogP contribution >= 0.6 is 0 Å². The van der Waals surface area contributed by atoms with E-state index in [1.165, 1.54) is 30.3 Å². The highest BCUT2D eigenvalue weighted by Gasteiger charge is 2.19. The number of fused-ring (bicyclic) bond motifs is 1. The number of ether oxygens (including phenoxy) is 2. The third kappa shape index (κ3) is 5.12. The quantitative estimate of drug-likeness (QED) is 0.545. The number of halogens is 2. The number of carbonyl (C=O) groups is 1. The predicted molar refractivity (Wildman–Crippen MR) is 115 cm³/mol. The Morgan fingerprint density at radius 2 is 1.79 bits per heavy atom. The largest absolute Gasteiger partial charge is 0.454 e. The van der Waals surface area contributed by atoms with Crippen LogP contribution in [0.1, 0.15) is 34.5 Å². The van der Waals surface area contributed by atoms with Gasteiger partial charge in [-0.05, 0) is 60.5 Å². The number of amides is 1. The van der Waals surface area contributed by atoms with E-state index in [1.807, 2.05) is 0 Å². The van der Waals surface area contributed by atoms with Crippen molar-refractivity contribution in [2.45, 2.75) is 24.4 Å². The first-order valence-electron chi connectivity index (χ1n) is 9.97. The smallest absolute Gasteiger partial charge is 0.251 e. The van der Waals surface area contributed by atoms with Crippen molar-refractivity contribution >= 4 is 15.9 Å². The zero-order valence-electron chi connectivity index (χ0n) is 17.5. The van der Waals surface area contributed by atoms with Crippen LogP contribution in [0.4, 0.5) is 8.78 Å². The van der Waals surface area contributed by atoms with E-state index in [1.54, 1.807) is 25.1 Å². The average molecular weight is 474 g/mol. The van der Waals surface area contributed by atoms with E-state index in [2.05, 4.69) is 10.0 Å². The van der Waals surface area contributed by atoms with Gasteiger partial charge in [-0.2, -0.15) is 0 Å². The van der Waals surface area contributed by atoms with Crippen LogP contribution in [0.5, 0.6) is 11.5 Å². The predicted octanol–water partition coefficient (Wildman–Crippen LogP) is 3.66. The van der Waals surface area contributed by atoms with E-state index in [4.69, 9.17) is 9.47 Å². The molecule has 33 heavy (non-hydrogen) atoms. The molecular weight excluding hydrogens is 454 g/mol. The lowest BCUT2D eigenvalue weighted by Crippen LogP contribution is -2.27. The SMILES string of the molecule is CC(NC(=O)c1cccc(S(=O)(=O)NCc2ccc3c(c2)OCO3)c1)c1ccc(F)c(F)c1. The lowest BCUT2D eigenvalue weighted by molar-refractivity contribution is 0.0939. The van der Waals surface area contributed by atoms with Crippen LogP contribution < -0.4 is 19.5 Å². The van der Waals surface area contributed by atoms with Gasteiger partial charge in [0.2, 0.25) is 16.8 Å². The summed E-state index contributed by atoms with van der Waals surface area (Å²) < 4.78 is 65.1. The number of sulfonamides is 1. The van der Waals surface area contributed by atoms with Crippen molar-refractivity contribution in [3.63, 3.8) is 0 Å². The van der Waals surface area contributed by atoms with Crippen molar-refractivity contribution in [3.05, 3.63) is 89.0 Å². The van der Waals surface area contributed by atoms with Gasteiger partial charge in [-0.3, -0.25) is 4.79 Å². The van der Waals surface area contributed by atoms with E-state index in [-0.39, 0.29) is 23.8 Å². The Balaban J connectivity index is 1.44. The summed E-state index contributed by atoms with van der Waals surface area (Å²) in [6, 6.07) is 13.4. The normalized spacial score (nSPS) is 13.5. The Bertz CT molecular complexity index is 1310. The average Bonchev–Trinajstić information content (AvgIpc) is 3.27. The fourth-order valence-electron chi connectivity index (χ4n) is 3.26. The first-order valence-corrected chi connectivity index (χ1v) is 11.5. The van der Waals surface area contributed by atoms with Gasteiger partial charge in [0.25, 0.3) is 5.91 Å². The molecule has 7 nitrogen and oxygen atoms in total. The standard InChI is InChI=1S/C23H20F2N2O5S/c1-14(16-6-7-19(24)20(25)11-16)27-23(28)17-3-2-4-18(10-17)33(29,30)26-12-15-5-8-21-22(9-15)32-13-31-21/h2-11,14,26H,12-13H2,1H3,(H,27,28). The van der Waals surface area contributed by atoms with E-state index < -0.39 is 33.6 Å². The summed E-state index contributed by atoms with van der Waals surface area (Å²) in [4.78, 5) is 12.5. The van der Waals surface area contributed by atoms with E-state index in [0.717, 1.165) is 12.1 Å². The summed E-state index contributed by atoms with van der Waals surface area (Å²) in [5.41, 5.74) is 1.16. The second-order valence-corrected chi connectivity index (χ2v) is 9.18. The molecule has 0 fully saturated rings. The fraction of sp³-hybridized carbons (Fsp3) is 0.174. The molecule has 1 heterocycles. The van der Waals surface area contributed by atoms with E-state index >= 15 is 0 Å². The zero-order chi connectivity index (χ0) is 23.6. The molecule has 3 aromatic rings. The molecule has 1 aliphatic heterocycles. The Morgan fingerprint density at radius 3 is 2.58 bits per heavy atom. The number of hydrogen-bond acceptors (Lipinski definition) is 5. The number of nitrogens with one attached hydrogen (secondary N) is 2. The van der Waals surface area contributed by atoms with Gasteiger partial charge in [-0.1, -0.05) is 18.2 Å². The molecule has 0 bridgehead atoms. The Morgan fingerprint density at radius 1 is 1.00 bits per heavy atom. The topological polar surface area (TPSA) is 93.7 Å². The molecule has 0 saturated heterocycles. The maximum atomic E-state index is 13.5. The van der Waals surface area contributed by atoms with Crippen molar-refractivity contribution in [2.75, 3.05) is 6.79 Å². The molecule has 2 N–H and O–H groups in total. The molecule has 4 rings (SSSR count). The van der Waals surface area contributed by atoms with Gasteiger partial charge in [0.1, 0.15) is 0 Å². The molecule has 3 aromatic carbocycles. The highest BCUT2D eigenvalue weighted by Crippen LogP contribution is 2.32. The monoisotopic (exact) mass is 474 g/mol. The molecule has 1 amide bonds. The van der Waals surface area contributed by atoms with Crippen LogP contribution in [0.2, 0.25) is 0 Å². The van der Waals surface area contributed by atoms with Gasteiger partial charge in [-0.25, -0.2) is 21.9 Å². The maximum absolute atomic E-state index is 13.5. The van der Waals surface area contributed by atoms with Gasteiger partial charge in [0.15, 0.2) is 23.1 Å². The fourth-order valence-corrected chi connectivity index (χ4v) is 4.33. The van der Waals surface area contributed by atoms with Crippen LogP contribution in [0.25, 0.3) is 0 Å². The van der Waals surface area contributed by atoms with Crippen LogP contribution in [0.15, 0.2) is 65.6 Å². The zero-order valence-corrected chi connectivity index (χ0v) is 18.3. The molecule has 1 aliphatic rings. The summed E-state index contributed by atoms with van der Waals surface area (Å²) in [6.07, 6.45) is 0. The summed E-state index contributed by atoms with van der Waals surface area (Å²) >= 11 is 0. The van der Waals surface area contributed by atoms with Crippen molar-refractivity contribution in [1.82, 2.24) is 10.0 Å². The third-order valence-electron chi connectivity index (χ3n) is 5.10. The first-order chi connectivity index (χ1) is 15.7. The third-order valence-corrected chi connectivity index (χ3v) is 6.50. The van der Waals surface area contributed by atoms with Crippen LogP contribution in [-0.4, -0.2) is 21.1 Å². The minimum absolute atomic E-state index is 0.0164. The van der Waals surface area contributed by atoms with Gasteiger partial charge in [-0.15, -0.1) is 0 Å². The summed E-state index contributed by atoms with van der Waals surface area (Å²) in [7, 11) is -3.91. The highest BCUT2D eigenvalue weighted by molar-refractivity contribution is 7.89. The minimum Gasteiger partial charge on any atom is -0.454 e. The van der Waals surface area contributed by atoms with Crippen LogP contribution in [0, 0.1) is 11.6 Å². The molecule has 0 spiro atoms. The number of benzene rings is 3. The molecular formula is C23H20F2N2O5S. The number of hydrogen-bond donors (Lipinski definition) is 2. The summed E-state index contributed by atoms with van der Waals surface area (Å²) in [5.74, 6) is -1.42. The van der Waals surface area contributed by atoms with Gasteiger partial charge >= 0.3 is 0 Å². The Hall–Kier alpha value is -3.50. The highest BCUT2D eigenvalue weighted by atomic mass is 32.2. The summed E-state index contributed by atoms with van der Waals surface area (Å²) in [5, 5.41) is 2.65. The molecule has 0 aliphatic carbocycles. The molecule has 0 radical (unpaired) electrons. The van der Waals surface area contributed by atoms with Crippen molar-refractivity contribution in [2.24, 2.45) is 0 Å². The second kappa shape index (κ2) is 9.16.